The number of amides is 1. The Bertz CT molecular complexity index is 653. The van der Waals surface area contributed by atoms with Crippen molar-refractivity contribution < 1.29 is 13.9 Å². The van der Waals surface area contributed by atoms with Crippen molar-refractivity contribution in [1.29, 1.82) is 0 Å². The fraction of sp³-hybridized carbons (Fsp3) is 0.188. The predicted octanol–water partition coefficient (Wildman–Crippen LogP) is 4.22. The van der Waals surface area contributed by atoms with Gasteiger partial charge in [-0.05, 0) is 71.2 Å². The Kier molecular flexibility index (Phi) is 4.96. The number of nitrogens with one attached hydrogen (secondary N) is 1. The van der Waals surface area contributed by atoms with Crippen molar-refractivity contribution in [1.82, 2.24) is 0 Å². The van der Waals surface area contributed by atoms with E-state index in [1.165, 1.54) is 18.2 Å². The van der Waals surface area contributed by atoms with Gasteiger partial charge in [0.05, 0.1) is 4.47 Å². The third-order valence-electron chi connectivity index (χ3n) is 2.76. The Morgan fingerprint density at radius 3 is 2.48 bits per heavy atom. The quantitative estimate of drug-likeness (QED) is 0.895. The standard InChI is InChI=1S/C16H15BrFNO2/c1-10-5-11(2)7-13(6-10)19-16(20)9-21-15-4-3-12(18)8-14(15)17/h3-8H,9H2,1-2H3,(H,19,20). The molecule has 2 aromatic rings. The van der Waals surface area contributed by atoms with Gasteiger partial charge in [-0.2, -0.15) is 0 Å². The lowest BCUT2D eigenvalue weighted by Crippen LogP contribution is -2.20. The third kappa shape index (κ3) is 4.56. The van der Waals surface area contributed by atoms with Gasteiger partial charge in [-0.25, -0.2) is 4.39 Å². The number of benzene rings is 2. The molecule has 0 spiro atoms. The smallest absolute Gasteiger partial charge is 0.262 e. The average molecular weight is 352 g/mol. The van der Waals surface area contributed by atoms with Crippen LogP contribution in [0.25, 0.3) is 0 Å². The maximum absolute atomic E-state index is 12.9. The van der Waals surface area contributed by atoms with Crippen molar-refractivity contribution in [2.24, 2.45) is 0 Å². The molecule has 0 saturated heterocycles. The summed E-state index contributed by atoms with van der Waals surface area (Å²) in [4.78, 5) is 11.9. The van der Waals surface area contributed by atoms with Crippen molar-refractivity contribution >= 4 is 27.5 Å². The molecule has 3 nitrogen and oxygen atoms in total. The zero-order chi connectivity index (χ0) is 15.4. The summed E-state index contributed by atoms with van der Waals surface area (Å²) in [7, 11) is 0. The lowest BCUT2D eigenvalue weighted by Gasteiger charge is -2.10. The molecule has 0 unspecified atom stereocenters. The van der Waals surface area contributed by atoms with Crippen LogP contribution >= 0.6 is 15.9 Å². The first-order chi connectivity index (χ1) is 9.94. The summed E-state index contributed by atoms with van der Waals surface area (Å²) in [5.74, 6) is -0.211. The van der Waals surface area contributed by atoms with Gasteiger partial charge >= 0.3 is 0 Å². The minimum atomic E-state index is -0.367. The van der Waals surface area contributed by atoms with Crippen molar-refractivity contribution in [2.45, 2.75) is 13.8 Å². The summed E-state index contributed by atoms with van der Waals surface area (Å²) in [6, 6.07) is 9.85. The van der Waals surface area contributed by atoms with Crippen LogP contribution in [0.3, 0.4) is 0 Å². The molecule has 1 N–H and O–H groups in total. The van der Waals surface area contributed by atoms with Crippen LogP contribution in [0, 0.1) is 19.7 Å². The Hall–Kier alpha value is -1.88. The Morgan fingerprint density at radius 2 is 1.86 bits per heavy atom. The molecule has 0 aliphatic heterocycles. The maximum Gasteiger partial charge on any atom is 0.262 e. The van der Waals surface area contributed by atoms with E-state index in [9.17, 15) is 9.18 Å². The summed E-state index contributed by atoms with van der Waals surface area (Å²) in [6.07, 6.45) is 0. The number of anilines is 1. The van der Waals surface area contributed by atoms with Crippen LogP contribution in [0.15, 0.2) is 40.9 Å². The largest absolute Gasteiger partial charge is 0.483 e. The number of hydrogen-bond acceptors (Lipinski definition) is 2. The molecule has 5 heteroatoms. The highest BCUT2D eigenvalue weighted by Crippen LogP contribution is 2.25. The van der Waals surface area contributed by atoms with Gasteiger partial charge in [0.15, 0.2) is 6.61 Å². The van der Waals surface area contributed by atoms with Gasteiger partial charge in [-0.15, -0.1) is 0 Å². The molecule has 0 aliphatic carbocycles. The summed E-state index contributed by atoms with van der Waals surface area (Å²) in [5, 5.41) is 2.77. The molecule has 0 saturated carbocycles. The summed E-state index contributed by atoms with van der Waals surface area (Å²) in [6.45, 7) is 3.79. The molecule has 0 heterocycles. The van der Waals surface area contributed by atoms with E-state index in [1.54, 1.807) is 0 Å². The molecule has 0 aliphatic rings. The van der Waals surface area contributed by atoms with Crippen molar-refractivity contribution in [3.63, 3.8) is 0 Å². The van der Waals surface area contributed by atoms with E-state index in [2.05, 4.69) is 21.2 Å². The van der Waals surface area contributed by atoms with Crippen LogP contribution in [-0.4, -0.2) is 12.5 Å². The third-order valence-corrected chi connectivity index (χ3v) is 3.38. The van der Waals surface area contributed by atoms with E-state index in [1.807, 2.05) is 32.0 Å². The van der Waals surface area contributed by atoms with Crippen LogP contribution < -0.4 is 10.1 Å². The number of carbonyl (C=O) groups is 1. The van der Waals surface area contributed by atoms with Crippen molar-refractivity contribution in [3.8, 4) is 5.75 Å². The van der Waals surface area contributed by atoms with Gasteiger partial charge < -0.3 is 10.1 Å². The fourth-order valence-corrected chi connectivity index (χ4v) is 2.44. The molecule has 0 radical (unpaired) electrons. The van der Waals surface area contributed by atoms with E-state index in [-0.39, 0.29) is 18.3 Å². The molecule has 0 fully saturated rings. The second-order valence-corrected chi connectivity index (χ2v) is 5.64. The van der Waals surface area contributed by atoms with E-state index in [0.717, 1.165) is 16.8 Å². The van der Waals surface area contributed by atoms with Crippen LogP contribution in [0.5, 0.6) is 5.75 Å². The molecule has 110 valence electrons. The fourth-order valence-electron chi connectivity index (χ4n) is 1.98. The van der Waals surface area contributed by atoms with Gasteiger partial charge in [-0.3, -0.25) is 4.79 Å². The first-order valence-electron chi connectivity index (χ1n) is 6.40. The van der Waals surface area contributed by atoms with E-state index >= 15 is 0 Å². The summed E-state index contributed by atoms with van der Waals surface area (Å²) >= 11 is 3.19. The molecular weight excluding hydrogens is 337 g/mol. The Morgan fingerprint density at radius 1 is 1.19 bits per heavy atom. The molecular formula is C16H15BrFNO2. The predicted molar refractivity (Wildman–Crippen MR) is 84.1 cm³/mol. The lowest BCUT2D eigenvalue weighted by atomic mass is 10.1. The van der Waals surface area contributed by atoms with Gasteiger partial charge in [0, 0.05) is 5.69 Å². The van der Waals surface area contributed by atoms with Gasteiger partial charge in [0.25, 0.3) is 5.91 Å². The summed E-state index contributed by atoms with van der Waals surface area (Å²) < 4.78 is 18.8. The number of aryl methyl sites for hydroxylation is 2. The van der Waals surface area contributed by atoms with Crippen molar-refractivity contribution in [3.05, 3.63) is 57.8 Å². The monoisotopic (exact) mass is 351 g/mol. The van der Waals surface area contributed by atoms with E-state index in [0.29, 0.717) is 10.2 Å². The van der Waals surface area contributed by atoms with Crippen LogP contribution in [0.4, 0.5) is 10.1 Å². The van der Waals surface area contributed by atoms with Crippen LogP contribution in [0.2, 0.25) is 0 Å². The first kappa shape index (κ1) is 15.5. The van der Waals surface area contributed by atoms with Gasteiger partial charge in [0.1, 0.15) is 11.6 Å². The highest BCUT2D eigenvalue weighted by Gasteiger charge is 2.07. The van der Waals surface area contributed by atoms with E-state index in [4.69, 9.17) is 4.74 Å². The number of ether oxygens (including phenoxy) is 1. The minimum absolute atomic E-state index is 0.142. The maximum atomic E-state index is 12.9. The summed E-state index contributed by atoms with van der Waals surface area (Å²) in [5.41, 5.74) is 2.89. The topological polar surface area (TPSA) is 38.3 Å². The van der Waals surface area contributed by atoms with Gasteiger partial charge in [-0.1, -0.05) is 6.07 Å². The van der Waals surface area contributed by atoms with E-state index < -0.39 is 0 Å². The van der Waals surface area contributed by atoms with Crippen LogP contribution in [-0.2, 0) is 4.79 Å². The molecule has 1 amide bonds. The number of hydrogen-bond donors (Lipinski definition) is 1. The van der Waals surface area contributed by atoms with Crippen LogP contribution in [0.1, 0.15) is 11.1 Å². The first-order valence-corrected chi connectivity index (χ1v) is 7.19. The van der Waals surface area contributed by atoms with Crippen molar-refractivity contribution in [2.75, 3.05) is 11.9 Å². The highest BCUT2D eigenvalue weighted by molar-refractivity contribution is 9.10. The normalized spacial score (nSPS) is 10.3. The Balaban J connectivity index is 1.95. The second-order valence-electron chi connectivity index (χ2n) is 4.79. The molecule has 21 heavy (non-hydrogen) atoms. The average Bonchev–Trinajstić information content (AvgIpc) is 2.36. The SMILES string of the molecule is Cc1cc(C)cc(NC(=O)COc2ccc(F)cc2Br)c1. The molecule has 2 rings (SSSR count). The lowest BCUT2D eigenvalue weighted by molar-refractivity contribution is -0.118. The molecule has 2 aromatic carbocycles. The number of carbonyl (C=O) groups excluding carboxylic acids is 1. The second kappa shape index (κ2) is 6.72. The zero-order valence-corrected chi connectivity index (χ0v) is 13.3. The molecule has 0 atom stereocenters. The zero-order valence-electron chi connectivity index (χ0n) is 11.7. The minimum Gasteiger partial charge on any atom is -0.483 e. The number of halogens is 2. The number of rotatable bonds is 4. The Labute approximate surface area is 131 Å². The molecule has 0 aromatic heterocycles. The van der Waals surface area contributed by atoms with Gasteiger partial charge in [0.2, 0.25) is 0 Å². The molecule has 0 bridgehead atoms. The highest BCUT2D eigenvalue weighted by atomic mass is 79.9.